The largest absolute Gasteiger partial charge is 0.364 e. The van der Waals surface area contributed by atoms with E-state index < -0.39 is 15.4 Å². The number of hydrogen-bond acceptors (Lipinski definition) is 2. The third-order valence-corrected chi connectivity index (χ3v) is 3.91. The molecule has 0 aromatic heterocycles. The van der Waals surface area contributed by atoms with Gasteiger partial charge in [0, 0.05) is 5.41 Å². The van der Waals surface area contributed by atoms with E-state index >= 15 is 0 Å². The summed E-state index contributed by atoms with van der Waals surface area (Å²) in [6.07, 6.45) is -0.460. The molecule has 2 N–H and O–H groups in total. The summed E-state index contributed by atoms with van der Waals surface area (Å²) in [5, 5.41) is 2.88. The van der Waals surface area contributed by atoms with E-state index in [-0.39, 0.29) is 18.1 Å². The second-order valence-electron chi connectivity index (χ2n) is 6.52. The van der Waals surface area contributed by atoms with Crippen molar-refractivity contribution >= 4 is 40.7 Å². The molecule has 1 saturated heterocycles. The molecule has 0 aromatic carbocycles. The van der Waals surface area contributed by atoms with E-state index in [4.69, 9.17) is 39.5 Å². The molecule has 0 radical (unpaired) electrons. The summed E-state index contributed by atoms with van der Waals surface area (Å²) in [5.74, 6) is -0.131. The number of hydrogen-bond donors (Lipinski definition) is 2. The molecule has 0 saturated carbocycles. The van der Waals surface area contributed by atoms with Crippen LogP contribution in [0, 0.1) is 5.41 Å². The molecule has 1 aliphatic rings. The Bertz CT molecular complexity index is 343. The molecule has 4 atom stereocenters. The lowest BCUT2D eigenvalue weighted by Gasteiger charge is -2.40. The molecule has 1 fully saturated rings. The van der Waals surface area contributed by atoms with Crippen LogP contribution in [0.25, 0.3) is 0 Å². The van der Waals surface area contributed by atoms with Gasteiger partial charge in [-0.25, -0.2) is 0 Å². The summed E-state index contributed by atoms with van der Waals surface area (Å²) in [6.45, 7) is 10.8. The zero-order valence-electron chi connectivity index (χ0n) is 12.6. The lowest BCUT2D eigenvalue weighted by Crippen LogP contribution is -3.22. The first-order chi connectivity index (χ1) is 8.91. The summed E-state index contributed by atoms with van der Waals surface area (Å²) in [6, 6.07) is 0. The van der Waals surface area contributed by atoms with Crippen LogP contribution in [-0.2, 0) is 9.53 Å². The fourth-order valence-corrected chi connectivity index (χ4v) is 2.94. The smallest absolute Gasteiger partial charge is 0.262 e. The minimum atomic E-state index is -1.56. The first-order valence-corrected chi connectivity index (χ1v) is 7.92. The van der Waals surface area contributed by atoms with Gasteiger partial charge >= 0.3 is 0 Å². The number of halogens is 3. The third-order valence-electron chi connectivity index (χ3n) is 3.26. The SMILES string of the molecule is C[C@@H]1C[NH+]([C@H](NC(=O)C(C)(C)C)C(Cl)(Cl)Cl)C[C@H](C)O1. The quantitative estimate of drug-likeness (QED) is 0.745. The number of nitrogens with one attached hydrogen (secondary N) is 2. The fourth-order valence-electron chi connectivity index (χ4n) is 2.31. The molecule has 4 nitrogen and oxygen atoms in total. The van der Waals surface area contributed by atoms with Crippen LogP contribution in [0.2, 0.25) is 0 Å². The van der Waals surface area contributed by atoms with Gasteiger partial charge in [0.15, 0.2) is 0 Å². The Hall–Kier alpha value is 0.260. The zero-order valence-corrected chi connectivity index (χ0v) is 14.9. The Morgan fingerprint density at radius 2 is 1.65 bits per heavy atom. The van der Waals surface area contributed by atoms with Crippen LogP contribution in [0.1, 0.15) is 34.6 Å². The van der Waals surface area contributed by atoms with Crippen molar-refractivity contribution in [2.45, 2.75) is 56.8 Å². The molecule has 1 heterocycles. The molecule has 20 heavy (non-hydrogen) atoms. The van der Waals surface area contributed by atoms with E-state index in [1.165, 1.54) is 0 Å². The van der Waals surface area contributed by atoms with E-state index in [2.05, 4.69) is 5.32 Å². The third kappa shape index (κ3) is 5.23. The first kappa shape index (κ1) is 18.3. The van der Waals surface area contributed by atoms with Crippen molar-refractivity contribution in [3.63, 3.8) is 0 Å². The number of ether oxygens (including phenoxy) is 1. The maximum Gasteiger partial charge on any atom is 0.262 e. The van der Waals surface area contributed by atoms with Crippen LogP contribution in [0.15, 0.2) is 0 Å². The van der Waals surface area contributed by atoms with Gasteiger partial charge in [-0.3, -0.25) is 4.79 Å². The van der Waals surface area contributed by atoms with Crippen LogP contribution in [-0.4, -0.2) is 41.2 Å². The van der Waals surface area contributed by atoms with Crippen molar-refractivity contribution in [3.05, 3.63) is 0 Å². The molecular formula is C13H24Cl3N2O2+. The van der Waals surface area contributed by atoms with E-state index in [1.54, 1.807) is 0 Å². The molecule has 0 bridgehead atoms. The van der Waals surface area contributed by atoms with E-state index in [0.29, 0.717) is 13.1 Å². The number of amides is 1. The molecular weight excluding hydrogens is 323 g/mol. The zero-order chi connectivity index (χ0) is 15.7. The number of carbonyl (C=O) groups is 1. The summed E-state index contributed by atoms with van der Waals surface area (Å²) in [5.41, 5.74) is -0.531. The maximum atomic E-state index is 12.2. The van der Waals surface area contributed by atoms with Crippen LogP contribution in [0.3, 0.4) is 0 Å². The summed E-state index contributed by atoms with van der Waals surface area (Å²) < 4.78 is 4.13. The molecule has 0 spiro atoms. The van der Waals surface area contributed by atoms with Gasteiger partial charge in [0.05, 0.1) is 0 Å². The van der Waals surface area contributed by atoms with E-state index in [0.717, 1.165) is 4.90 Å². The maximum absolute atomic E-state index is 12.2. The van der Waals surface area contributed by atoms with Gasteiger partial charge in [-0.1, -0.05) is 55.6 Å². The first-order valence-electron chi connectivity index (χ1n) is 6.79. The Morgan fingerprint density at radius 1 is 1.20 bits per heavy atom. The molecule has 0 aromatic rings. The van der Waals surface area contributed by atoms with Crippen molar-refractivity contribution < 1.29 is 14.4 Å². The number of carbonyl (C=O) groups excluding carboxylic acids is 1. The van der Waals surface area contributed by atoms with Gasteiger partial charge in [-0.2, -0.15) is 0 Å². The summed E-state index contributed by atoms with van der Waals surface area (Å²) in [7, 11) is 0. The van der Waals surface area contributed by atoms with Gasteiger partial charge in [0.2, 0.25) is 12.1 Å². The van der Waals surface area contributed by atoms with Gasteiger partial charge in [-0.05, 0) is 13.8 Å². The molecule has 0 aliphatic carbocycles. The van der Waals surface area contributed by atoms with Crippen LogP contribution >= 0.6 is 34.8 Å². The number of rotatable bonds is 2. The van der Waals surface area contributed by atoms with Crippen molar-refractivity contribution in [1.29, 1.82) is 0 Å². The van der Waals surface area contributed by atoms with E-state index in [1.807, 2.05) is 34.6 Å². The number of morpholine rings is 1. The van der Waals surface area contributed by atoms with Crippen LogP contribution in [0.5, 0.6) is 0 Å². The molecule has 1 unspecified atom stereocenters. The van der Waals surface area contributed by atoms with Crippen molar-refractivity contribution in [1.82, 2.24) is 5.32 Å². The van der Waals surface area contributed by atoms with Crippen LogP contribution in [0.4, 0.5) is 0 Å². The Labute approximate surface area is 136 Å². The Morgan fingerprint density at radius 3 is 2.00 bits per heavy atom. The number of quaternary nitrogens is 1. The Balaban J connectivity index is 2.88. The fraction of sp³-hybridized carbons (Fsp3) is 0.923. The monoisotopic (exact) mass is 345 g/mol. The highest BCUT2D eigenvalue weighted by atomic mass is 35.6. The van der Waals surface area contributed by atoms with Crippen LogP contribution < -0.4 is 10.2 Å². The molecule has 1 amide bonds. The molecule has 118 valence electrons. The second-order valence-corrected chi connectivity index (χ2v) is 8.89. The van der Waals surface area contributed by atoms with E-state index in [9.17, 15) is 4.79 Å². The van der Waals surface area contributed by atoms with Crippen molar-refractivity contribution in [2.24, 2.45) is 5.41 Å². The predicted octanol–water partition coefficient (Wildman–Crippen LogP) is 1.54. The lowest BCUT2D eigenvalue weighted by molar-refractivity contribution is -0.941. The predicted molar refractivity (Wildman–Crippen MR) is 82.4 cm³/mol. The molecule has 1 aliphatic heterocycles. The average molecular weight is 347 g/mol. The van der Waals surface area contributed by atoms with Gasteiger partial charge in [-0.15, -0.1) is 0 Å². The standard InChI is InChI=1S/C13H23Cl3N2O2/c1-8-6-18(7-9(2)20-8)10(13(14,15)16)17-11(19)12(3,4)5/h8-10H,6-7H2,1-5H3,(H,17,19)/p+1/t8-,9+,10-/m0/s1. The second kappa shape index (κ2) is 6.57. The minimum absolute atomic E-state index is 0.0649. The highest BCUT2D eigenvalue weighted by molar-refractivity contribution is 6.68. The van der Waals surface area contributed by atoms with Crippen molar-refractivity contribution in [2.75, 3.05) is 13.1 Å². The summed E-state index contributed by atoms with van der Waals surface area (Å²) in [4.78, 5) is 13.2. The minimum Gasteiger partial charge on any atom is -0.364 e. The Kier molecular flexibility index (Phi) is 6.02. The highest BCUT2D eigenvalue weighted by Crippen LogP contribution is 2.29. The van der Waals surface area contributed by atoms with Gasteiger partial charge < -0.3 is 15.0 Å². The average Bonchev–Trinajstić information content (AvgIpc) is 2.20. The van der Waals surface area contributed by atoms with Gasteiger partial charge in [0.25, 0.3) is 3.79 Å². The number of alkyl halides is 3. The normalized spacial score (nSPS) is 29.9. The highest BCUT2D eigenvalue weighted by Gasteiger charge is 2.45. The van der Waals surface area contributed by atoms with Crippen molar-refractivity contribution in [3.8, 4) is 0 Å². The molecule has 7 heteroatoms. The molecule has 1 rings (SSSR count). The van der Waals surface area contributed by atoms with Gasteiger partial charge in [0.1, 0.15) is 25.3 Å². The lowest BCUT2D eigenvalue weighted by atomic mass is 9.95. The topological polar surface area (TPSA) is 42.8 Å². The summed E-state index contributed by atoms with van der Waals surface area (Å²) >= 11 is 18.2.